The molecule has 1 rings (SSSR count). The predicted octanol–water partition coefficient (Wildman–Crippen LogP) is 2.10. The molecule has 1 aromatic rings. The number of rotatable bonds is 5. The summed E-state index contributed by atoms with van der Waals surface area (Å²) in [5.74, 6) is 0.452. The van der Waals surface area contributed by atoms with Crippen LogP contribution in [0.4, 0.5) is 5.82 Å². The van der Waals surface area contributed by atoms with Crippen molar-refractivity contribution in [2.45, 2.75) is 33.6 Å². The normalized spacial score (nSPS) is 10.3. The predicted molar refractivity (Wildman–Crippen MR) is 69.9 cm³/mol. The smallest absolute Gasteiger partial charge is 0.254 e. The number of pyridine rings is 1. The van der Waals surface area contributed by atoms with Crippen LogP contribution in [0.5, 0.6) is 0 Å². The highest BCUT2D eigenvalue weighted by atomic mass is 16.2. The summed E-state index contributed by atoms with van der Waals surface area (Å²) in [5, 5.41) is 0. The Kier molecular flexibility index (Phi) is 4.94. The zero-order valence-electron chi connectivity index (χ0n) is 10.9. The number of carbonyl (C=O) groups is 1. The van der Waals surface area contributed by atoms with Crippen molar-refractivity contribution in [3.05, 3.63) is 23.4 Å². The van der Waals surface area contributed by atoms with Gasteiger partial charge < -0.3 is 10.6 Å². The lowest BCUT2D eigenvalue weighted by Gasteiger charge is -2.19. The third kappa shape index (κ3) is 3.44. The molecule has 1 aromatic heterocycles. The first-order valence-electron chi connectivity index (χ1n) is 6.18. The van der Waals surface area contributed by atoms with Crippen LogP contribution in [0.3, 0.4) is 0 Å². The van der Waals surface area contributed by atoms with E-state index in [1.165, 1.54) is 0 Å². The lowest BCUT2D eigenvalue weighted by Crippen LogP contribution is -2.30. The Morgan fingerprint density at radius 2 is 1.94 bits per heavy atom. The molecule has 0 unspecified atom stereocenters. The van der Waals surface area contributed by atoms with Crippen molar-refractivity contribution in [3.8, 4) is 0 Å². The van der Waals surface area contributed by atoms with E-state index >= 15 is 0 Å². The summed E-state index contributed by atoms with van der Waals surface area (Å²) >= 11 is 0. The zero-order chi connectivity index (χ0) is 12.8. The molecule has 0 aliphatic heterocycles. The monoisotopic (exact) mass is 235 g/mol. The summed E-state index contributed by atoms with van der Waals surface area (Å²) in [5.41, 5.74) is 7.26. The van der Waals surface area contributed by atoms with E-state index in [1.54, 1.807) is 11.0 Å². The Morgan fingerprint density at radius 1 is 1.29 bits per heavy atom. The molecule has 0 atom stereocenters. The van der Waals surface area contributed by atoms with Gasteiger partial charge in [-0.05, 0) is 32.4 Å². The Morgan fingerprint density at radius 3 is 2.47 bits per heavy atom. The SMILES string of the molecule is CCCc1cc(C(=O)N(CC)CC)cc(N)n1. The lowest BCUT2D eigenvalue weighted by molar-refractivity contribution is 0.0773. The number of carbonyl (C=O) groups excluding carboxylic acids is 1. The van der Waals surface area contributed by atoms with Crippen LogP contribution in [0.25, 0.3) is 0 Å². The molecule has 4 nitrogen and oxygen atoms in total. The third-order valence-corrected chi connectivity index (χ3v) is 2.70. The maximum atomic E-state index is 12.2. The number of amides is 1. The fourth-order valence-electron chi connectivity index (χ4n) is 1.81. The van der Waals surface area contributed by atoms with E-state index in [0.717, 1.165) is 18.5 Å². The molecule has 94 valence electrons. The van der Waals surface area contributed by atoms with Crippen molar-refractivity contribution >= 4 is 11.7 Å². The summed E-state index contributed by atoms with van der Waals surface area (Å²) in [6.07, 6.45) is 1.85. The van der Waals surface area contributed by atoms with Gasteiger partial charge in [-0.3, -0.25) is 4.79 Å². The van der Waals surface area contributed by atoms with Crippen LogP contribution in [-0.2, 0) is 6.42 Å². The van der Waals surface area contributed by atoms with E-state index in [2.05, 4.69) is 11.9 Å². The van der Waals surface area contributed by atoms with Crippen LogP contribution in [0, 0.1) is 0 Å². The van der Waals surface area contributed by atoms with Crippen molar-refractivity contribution in [3.63, 3.8) is 0 Å². The van der Waals surface area contributed by atoms with Gasteiger partial charge in [0.05, 0.1) is 0 Å². The first-order chi connectivity index (χ1) is 8.12. The molecule has 0 spiro atoms. The molecule has 0 aromatic carbocycles. The molecule has 0 saturated carbocycles. The molecular formula is C13H21N3O. The van der Waals surface area contributed by atoms with E-state index in [9.17, 15) is 4.79 Å². The van der Waals surface area contributed by atoms with Crippen LogP contribution < -0.4 is 5.73 Å². The first kappa shape index (κ1) is 13.5. The standard InChI is InChI=1S/C13H21N3O/c1-4-7-11-8-10(9-12(14)15-11)13(17)16(5-2)6-3/h8-9H,4-7H2,1-3H3,(H2,14,15). The van der Waals surface area contributed by atoms with Crippen LogP contribution in [0.1, 0.15) is 43.2 Å². The number of nitrogens with zero attached hydrogens (tertiary/aromatic N) is 2. The van der Waals surface area contributed by atoms with Gasteiger partial charge >= 0.3 is 0 Å². The van der Waals surface area contributed by atoms with Crippen molar-refractivity contribution in [1.29, 1.82) is 0 Å². The van der Waals surface area contributed by atoms with E-state index in [1.807, 2.05) is 19.9 Å². The second-order valence-corrected chi connectivity index (χ2v) is 4.00. The van der Waals surface area contributed by atoms with Gasteiger partial charge in [-0.25, -0.2) is 4.98 Å². The Hall–Kier alpha value is -1.58. The molecule has 1 amide bonds. The van der Waals surface area contributed by atoms with E-state index in [4.69, 9.17) is 5.73 Å². The quantitative estimate of drug-likeness (QED) is 0.850. The van der Waals surface area contributed by atoms with Gasteiger partial charge in [0.2, 0.25) is 0 Å². The largest absolute Gasteiger partial charge is 0.384 e. The molecule has 0 bridgehead atoms. The molecule has 0 aliphatic rings. The van der Waals surface area contributed by atoms with Crippen LogP contribution in [0.15, 0.2) is 12.1 Å². The van der Waals surface area contributed by atoms with Gasteiger partial charge in [0, 0.05) is 24.3 Å². The van der Waals surface area contributed by atoms with Crippen LogP contribution in [0.2, 0.25) is 0 Å². The van der Waals surface area contributed by atoms with E-state index < -0.39 is 0 Å². The molecule has 0 radical (unpaired) electrons. The van der Waals surface area contributed by atoms with Crippen molar-refractivity contribution in [1.82, 2.24) is 9.88 Å². The van der Waals surface area contributed by atoms with Gasteiger partial charge in [-0.1, -0.05) is 13.3 Å². The van der Waals surface area contributed by atoms with Crippen molar-refractivity contribution in [2.75, 3.05) is 18.8 Å². The number of aryl methyl sites for hydroxylation is 1. The third-order valence-electron chi connectivity index (χ3n) is 2.70. The number of nitrogen functional groups attached to an aromatic ring is 1. The lowest BCUT2D eigenvalue weighted by atomic mass is 10.1. The van der Waals surface area contributed by atoms with Gasteiger partial charge in [-0.15, -0.1) is 0 Å². The fourth-order valence-corrected chi connectivity index (χ4v) is 1.81. The van der Waals surface area contributed by atoms with E-state index in [-0.39, 0.29) is 5.91 Å². The van der Waals surface area contributed by atoms with Crippen LogP contribution >= 0.6 is 0 Å². The Bertz CT molecular complexity index is 386. The summed E-state index contributed by atoms with van der Waals surface area (Å²) in [6.45, 7) is 7.44. The fraction of sp³-hybridized carbons (Fsp3) is 0.538. The minimum absolute atomic E-state index is 0.0291. The van der Waals surface area contributed by atoms with Crippen molar-refractivity contribution in [2.24, 2.45) is 0 Å². The highest BCUT2D eigenvalue weighted by Crippen LogP contribution is 2.12. The molecule has 2 N–H and O–H groups in total. The van der Waals surface area contributed by atoms with Crippen molar-refractivity contribution < 1.29 is 4.79 Å². The summed E-state index contributed by atoms with van der Waals surface area (Å²) in [6, 6.07) is 3.50. The van der Waals surface area contributed by atoms with Gasteiger partial charge in [-0.2, -0.15) is 0 Å². The molecular weight excluding hydrogens is 214 g/mol. The van der Waals surface area contributed by atoms with Gasteiger partial charge in [0.1, 0.15) is 5.82 Å². The number of anilines is 1. The zero-order valence-corrected chi connectivity index (χ0v) is 10.9. The second-order valence-electron chi connectivity index (χ2n) is 4.00. The number of aromatic nitrogens is 1. The van der Waals surface area contributed by atoms with Gasteiger partial charge in [0.25, 0.3) is 5.91 Å². The average molecular weight is 235 g/mol. The minimum atomic E-state index is 0.0291. The molecule has 17 heavy (non-hydrogen) atoms. The molecule has 4 heteroatoms. The topological polar surface area (TPSA) is 59.2 Å². The molecule has 0 aliphatic carbocycles. The summed E-state index contributed by atoms with van der Waals surface area (Å²) in [7, 11) is 0. The molecule has 0 fully saturated rings. The Labute approximate surface area is 103 Å². The average Bonchev–Trinajstić information content (AvgIpc) is 2.30. The maximum Gasteiger partial charge on any atom is 0.254 e. The summed E-state index contributed by atoms with van der Waals surface area (Å²) in [4.78, 5) is 18.2. The maximum absolute atomic E-state index is 12.2. The van der Waals surface area contributed by atoms with Gasteiger partial charge in [0.15, 0.2) is 0 Å². The van der Waals surface area contributed by atoms with E-state index in [0.29, 0.717) is 24.5 Å². The highest BCUT2D eigenvalue weighted by molar-refractivity contribution is 5.94. The Balaban J connectivity index is 3.00. The second kappa shape index (κ2) is 6.23. The first-order valence-corrected chi connectivity index (χ1v) is 6.18. The highest BCUT2D eigenvalue weighted by Gasteiger charge is 2.14. The summed E-state index contributed by atoms with van der Waals surface area (Å²) < 4.78 is 0. The number of hydrogen-bond donors (Lipinski definition) is 1. The van der Waals surface area contributed by atoms with Crippen LogP contribution in [-0.4, -0.2) is 28.9 Å². The molecule has 0 saturated heterocycles. The molecule has 1 heterocycles. The number of nitrogens with two attached hydrogens (primary N) is 1. The minimum Gasteiger partial charge on any atom is -0.384 e. The number of hydrogen-bond acceptors (Lipinski definition) is 3.